The Labute approximate surface area is 165 Å². The molecule has 7 heteroatoms. The van der Waals surface area contributed by atoms with Crippen molar-refractivity contribution in [3.63, 3.8) is 0 Å². The fraction of sp³-hybridized carbons (Fsp3) is 0.429. The quantitative estimate of drug-likeness (QED) is 0.800. The number of hydrogen-bond donors (Lipinski definition) is 1. The molecule has 1 aromatic carbocycles. The second-order valence-electron chi connectivity index (χ2n) is 7.60. The average Bonchev–Trinajstić information content (AvgIpc) is 2.74. The average molecular weight is 382 g/mol. The van der Waals surface area contributed by atoms with E-state index in [4.69, 9.17) is 4.74 Å². The molecule has 1 aromatic heterocycles. The van der Waals surface area contributed by atoms with Crippen molar-refractivity contribution in [3.05, 3.63) is 48.2 Å². The summed E-state index contributed by atoms with van der Waals surface area (Å²) in [6, 6.07) is 12.7. The summed E-state index contributed by atoms with van der Waals surface area (Å²) in [6.45, 7) is 5.40. The summed E-state index contributed by atoms with van der Waals surface area (Å²) in [6.07, 6.45) is 1.92. The number of ether oxygens (including phenoxy) is 1. The molecule has 0 spiro atoms. The topological polar surface area (TPSA) is 84.4 Å². The molecule has 3 rings (SSSR count). The number of para-hydroxylation sites is 1. The van der Waals surface area contributed by atoms with Gasteiger partial charge in [-0.15, -0.1) is 10.2 Å². The number of nitrogens with one attached hydrogen (secondary N) is 1. The molecule has 1 fully saturated rings. The predicted octanol–water partition coefficient (Wildman–Crippen LogP) is 3.14. The molecule has 0 saturated carbocycles. The van der Waals surface area contributed by atoms with Gasteiger partial charge in [-0.1, -0.05) is 18.2 Å². The lowest BCUT2D eigenvalue weighted by atomic mass is 9.74. The highest BCUT2D eigenvalue weighted by Crippen LogP contribution is 2.36. The van der Waals surface area contributed by atoms with Crippen LogP contribution in [0.1, 0.15) is 37.2 Å². The minimum Gasteiger partial charge on any atom is -0.469 e. The molecule has 148 valence electrons. The van der Waals surface area contributed by atoms with E-state index in [1.54, 1.807) is 12.1 Å². The molecule has 28 heavy (non-hydrogen) atoms. The first-order valence-electron chi connectivity index (χ1n) is 9.45. The van der Waals surface area contributed by atoms with Crippen LogP contribution in [0.4, 0.5) is 11.5 Å². The number of hydrogen-bond acceptors (Lipinski definition) is 6. The Morgan fingerprint density at radius 3 is 2.54 bits per heavy atom. The summed E-state index contributed by atoms with van der Waals surface area (Å²) in [5.74, 6) is 0.380. The smallest absolute Gasteiger partial charge is 0.311 e. The highest BCUT2D eigenvalue weighted by Gasteiger charge is 2.40. The van der Waals surface area contributed by atoms with E-state index < -0.39 is 5.41 Å². The Morgan fingerprint density at radius 2 is 1.89 bits per heavy atom. The highest BCUT2D eigenvalue weighted by atomic mass is 16.5. The zero-order valence-corrected chi connectivity index (χ0v) is 16.5. The van der Waals surface area contributed by atoms with E-state index in [2.05, 4.69) is 20.4 Å². The molecular weight excluding hydrogens is 356 g/mol. The highest BCUT2D eigenvalue weighted by molar-refractivity contribution is 6.02. The van der Waals surface area contributed by atoms with Gasteiger partial charge in [-0.2, -0.15) is 0 Å². The lowest BCUT2D eigenvalue weighted by Gasteiger charge is -2.40. The number of anilines is 2. The molecule has 0 aliphatic carbocycles. The third-order valence-corrected chi connectivity index (χ3v) is 5.39. The van der Waals surface area contributed by atoms with Crippen LogP contribution in [-0.2, 0) is 9.53 Å². The van der Waals surface area contributed by atoms with Gasteiger partial charge in [-0.25, -0.2) is 0 Å². The van der Waals surface area contributed by atoms with Gasteiger partial charge in [0.05, 0.1) is 12.5 Å². The third-order valence-electron chi connectivity index (χ3n) is 5.39. The monoisotopic (exact) mass is 382 g/mol. The lowest BCUT2D eigenvalue weighted by Crippen LogP contribution is -2.45. The van der Waals surface area contributed by atoms with E-state index >= 15 is 0 Å². The molecule has 1 atom stereocenters. The van der Waals surface area contributed by atoms with Gasteiger partial charge >= 0.3 is 5.97 Å². The Bertz CT molecular complexity index is 821. The Hall–Kier alpha value is -2.96. The third kappa shape index (κ3) is 4.30. The van der Waals surface area contributed by atoms with Gasteiger partial charge in [0.25, 0.3) is 5.91 Å². The Balaban J connectivity index is 1.67. The first-order chi connectivity index (χ1) is 13.4. The van der Waals surface area contributed by atoms with Crippen LogP contribution in [0.2, 0.25) is 0 Å². The fourth-order valence-corrected chi connectivity index (χ4v) is 3.54. The first-order valence-corrected chi connectivity index (χ1v) is 9.45. The summed E-state index contributed by atoms with van der Waals surface area (Å²) in [5.41, 5.74) is 0.412. The van der Waals surface area contributed by atoms with Gasteiger partial charge in [-0.05, 0) is 56.9 Å². The van der Waals surface area contributed by atoms with E-state index in [9.17, 15) is 9.59 Å². The van der Waals surface area contributed by atoms with Gasteiger partial charge in [0.1, 0.15) is 0 Å². The molecule has 1 aliphatic rings. The van der Waals surface area contributed by atoms with Crippen molar-refractivity contribution in [2.45, 2.75) is 26.7 Å². The van der Waals surface area contributed by atoms with E-state index in [1.807, 2.05) is 44.2 Å². The minimum atomic E-state index is -0.559. The van der Waals surface area contributed by atoms with E-state index in [1.165, 1.54) is 7.11 Å². The molecule has 1 amide bonds. The first kappa shape index (κ1) is 19.8. The number of carbonyl (C=O) groups is 2. The van der Waals surface area contributed by atoms with Crippen LogP contribution < -0.4 is 10.2 Å². The number of methoxy groups -OCH3 is 1. The Morgan fingerprint density at radius 1 is 1.14 bits per heavy atom. The van der Waals surface area contributed by atoms with Crippen LogP contribution in [0.25, 0.3) is 0 Å². The molecule has 1 N–H and O–H groups in total. The van der Waals surface area contributed by atoms with Crippen LogP contribution >= 0.6 is 0 Å². The number of esters is 1. The molecule has 7 nitrogen and oxygen atoms in total. The summed E-state index contributed by atoms with van der Waals surface area (Å²) in [5, 5.41) is 11.1. The summed E-state index contributed by atoms with van der Waals surface area (Å²) < 4.78 is 4.97. The van der Waals surface area contributed by atoms with Crippen LogP contribution in [-0.4, -0.2) is 42.3 Å². The normalized spacial score (nSPS) is 17.1. The van der Waals surface area contributed by atoms with E-state index in [0.29, 0.717) is 18.1 Å². The SMILES string of the molecule is COC(=O)C(C)(C)C1CCCN(c2ccc(C(=O)Nc3ccccc3)nn2)C1. The molecule has 0 bridgehead atoms. The molecule has 0 radical (unpaired) electrons. The number of benzene rings is 1. The van der Waals surface area contributed by atoms with E-state index in [0.717, 1.165) is 19.4 Å². The van der Waals surface area contributed by atoms with Crippen molar-refractivity contribution in [1.29, 1.82) is 0 Å². The van der Waals surface area contributed by atoms with Crippen molar-refractivity contribution in [2.75, 3.05) is 30.4 Å². The zero-order valence-electron chi connectivity index (χ0n) is 16.5. The van der Waals surface area contributed by atoms with Gasteiger partial charge in [0.15, 0.2) is 11.5 Å². The van der Waals surface area contributed by atoms with Crippen LogP contribution in [0.15, 0.2) is 42.5 Å². The number of piperidine rings is 1. The minimum absolute atomic E-state index is 0.163. The number of amides is 1. The second kappa shape index (κ2) is 8.37. The maximum Gasteiger partial charge on any atom is 0.311 e. The van der Waals surface area contributed by atoms with Crippen molar-refractivity contribution in [2.24, 2.45) is 11.3 Å². The van der Waals surface area contributed by atoms with E-state index in [-0.39, 0.29) is 23.5 Å². The summed E-state index contributed by atoms with van der Waals surface area (Å²) in [4.78, 5) is 26.6. The molecule has 1 aliphatic heterocycles. The van der Waals surface area contributed by atoms with Gasteiger partial charge in [0, 0.05) is 18.8 Å². The molecule has 1 unspecified atom stereocenters. The van der Waals surface area contributed by atoms with Crippen LogP contribution in [0.5, 0.6) is 0 Å². The van der Waals surface area contributed by atoms with Crippen LogP contribution in [0, 0.1) is 11.3 Å². The number of nitrogens with zero attached hydrogens (tertiary/aromatic N) is 3. The molecular formula is C21H26N4O3. The molecule has 2 heterocycles. The largest absolute Gasteiger partial charge is 0.469 e. The van der Waals surface area contributed by atoms with Gasteiger partial charge < -0.3 is 15.0 Å². The van der Waals surface area contributed by atoms with Gasteiger partial charge in [0.2, 0.25) is 0 Å². The van der Waals surface area contributed by atoms with Crippen molar-refractivity contribution < 1.29 is 14.3 Å². The lowest BCUT2D eigenvalue weighted by molar-refractivity contribution is -0.154. The number of aromatic nitrogens is 2. The Kier molecular flexibility index (Phi) is 5.92. The summed E-state index contributed by atoms with van der Waals surface area (Å²) >= 11 is 0. The molecule has 1 saturated heterocycles. The van der Waals surface area contributed by atoms with Crippen molar-refractivity contribution in [1.82, 2.24) is 10.2 Å². The number of carbonyl (C=O) groups excluding carboxylic acids is 2. The predicted molar refractivity (Wildman–Crippen MR) is 107 cm³/mol. The fourth-order valence-electron chi connectivity index (χ4n) is 3.54. The molecule has 2 aromatic rings. The number of rotatable bonds is 5. The summed E-state index contributed by atoms with van der Waals surface area (Å²) in [7, 11) is 1.43. The maximum absolute atomic E-state index is 12.3. The van der Waals surface area contributed by atoms with Crippen molar-refractivity contribution >= 4 is 23.4 Å². The van der Waals surface area contributed by atoms with Gasteiger partial charge in [-0.3, -0.25) is 9.59 Å². The second-order valence-corrected chi connectivity index (χ2v) is 7.60. The van der Waals surface area contributed by atoms with Crippen molar-refractivity contribution in [3.8, 4) is 0 Å². The van der Waals surface area contributed by atoms with Crippen LogP contribution in [0.3, 0.4) is 0 Å². The maximum atomic E-state index is 12.3. The zero-order chi connectivity index (χ0) is 20.1. The standard InChI is InChI=1S/C21H26N4O3/c1-21(2,20(27)28-3)15-8-7-13-25(14-15)18-12-11-17(23-24-18)19(26)22-16-9-5-4-6-10-16/h4-6,9-12,15H,7-8,13-14H2,1-3H3,(H,22,26).